The van der Waals surface area contributed by atoms with E-state index in [1.54, 1.807) is 14.0 Å². The molecule has 11 heteroatoms. The van der Waals surface area contributed by atoms with Crippen molar-refractivity contribution in [3.05, 3.63) is 67.5 Å². The number of aryl methyl sites for hydroxylation is 1. The molecule has 0 bridgehead atoms. The largest absolute Gasteiger partial charge is 0.496 e. The molecule has 8 nitrogen and oxygen atoms in total. The topological polar surface area (TPSA) is 106 Å². The lowest BCUT2D eigenvalue weighted by atomic mass is 10.1. The Labute approximate surface area is 189 Å². The highest BCUT2D eigenvalue weighted by Gasteiger charge is 2.15. The predicted octanol–water partition coefficient (Wildman–Crippen LogP) is 4.92. The highest BCUT2D eigenvalue weighted by atomic mass is 79.9. The second-order valence-electron chi connectivity index (χ2n) is 6.05. The Hall–Kier alpha value is -2.89. The van der Waals surface area contributed by atoms with E-state index < -0.39 is 10.8 Å². The van der Waals surface area contributed by atoms with E-state index in [-0.39, 0.29) is 16.4 Å². The smallest absolute Gasteiger partial charge is 0.272 e. The lowest BCUT2D eigenvalue weighted by Crippen LogP contribution is -2.34. The van der Waals surface area contributed by atoms with Crippen LogP contribution in [0.2, 0.25) is 0 Å². The quantitative estimate of drug-likeness (QED) is 0.287. The number of nitrogens with one attached hydrogen (secondary N) is 2. The van der Waals surface area contributed by atoms with Gasteiger partial charge in [0, 0.05) is 28.1 Å². The molecule has 3 aromatic rings. The number of ether oxygens (including phenoxy) is 1. The van der Waals surface area contributed by atoms with Crippen LogP contribution >= 0.6 is 39.5 Å². The van der Waals surface area contributed by atoms with Crippen LogP contribution in [0.3, 0.4) is 0 Å². The molecule has 1 heterocycles. The number of anilines is 1. The van der Waals surface area contributed by atoms with Gasteiger partial charge in [-0.05, 0) is 65.4 Å². The summed E-state index contributed by atoms with van der Waals surface area (Å²) in [4.78, 5) is 27.2. The fourth-order valence-electron chi connectivity index (χ4n) is 2.59. The summed E-state index contributed by atoms with van der Waals surface area (Å²) < 4.78 is 6.04. The minimum absolute atomic E-state index is 0.0484. The van der Waals surface area contributed by atoms with Gasteiger partial charge in [-0.1, -0.05) is 0 Å². The minimum atomic E-state index is -0.495. The molecule has 0 spiro atoms. The van der Waals surface area contributed by atoms with E-state index in [2.05, 4.69) is 31.5 Å². The van der Waals surface area contributed by atoms with Crippen LogP contribution in [-0.4, -0.2) is 28.0 Å². The monoisotopic (exact) mass is 506 g/mol. The van der Waals surface area contributed by atoms with Crippen LogP contribution in [0.5, 0.6) is 5.75 Å². The summed E-state index contributed by atoms with van der Waals surface area (Å²) in [5.74, 6) is 0.249. The predicted molar refractivity (Wildman–Crippen MR) is 123 cm³/mol. The number of carbonyl (C=O) groups is 1. The first kappa shape index (κ1) is 21.8. The maximum Gasteiger partial charge on any atom is 0.272 e. The summed E-state index contributed by atoms with van der Waals surface area (Å²) in [5, 5.41) is 18.8. The lowest BCUT2D eigenvalue weighted by Gasteiger charge is -2.08. The Kier molecular flexibility index (Phi) is 6.75. The first-order valence-corrected chi connectivity index (χ1v) is 10.5. The Bertz CT molecular complexity index is 1150. The van der Waals surface area contributed by atoms with Crippen molar-refractivity contribution in [1.29, 1.82) is 0 Å². The van der Waals surface area contributed by atoms with Crippen LogP contribution in [0.4, 0.5) is 10.8 Å². The van der Waals surface area contributed by atoms with Crippen molar-refractivity contribution in [1.82, 2.24) is 10.3 Å². The van der Waals surface area contributed by atoms with Crippen LogP contribution in [-0.2, 0) is 0 Å². The minimum Gasteiger partial charge on any atom is -0.496 e. The highest BCUT2D eigenvalue weighted by molar-refractivity contribution is 9.10. The fraction of sp³-hybridized carbons (Fsp3) is 0.105. The highest BCUT2D eigenvalue weighted by Crippen LogP contribution is 2.32. The Morgan fingerprint density at radius 3 is 2.70 bits per heavy atom. The average Bonchev–Trinajstić information content (AvgIpc) is 3.15. The maximum atomic E-state index is 12.4. The van der Waals surface area contributed by atoms with Crippen LogP contribution in [0.15, 0.2) is 46.3 Å². The summed E-state index contributed by atoms with van der Waals surface area (Å²) >= 11 is 9.97. The molecule has 30 heavy (non-hydrogen) atoms. The molecule has 0 unspecified atom stereocenters. The molecule has 0 radical (unpaired) electrons. The number of rotatable bonds is 5. The van der Waals surface area contributed by atoms with E-state index >= 15 is 0 Å². The number of carbonyl (C=O) groups excluding carboxylic acids is 1. The van der Waals surface area contributed by atoms with Crippen molar-refractivity contribution in [2.75, 3.05) is 12.4 Å². The first-order chi connectivity index (χ1) is 14.3. The van der Waals surface area contributed by atoms with Crippen molar-refractivity contribution in [3.63, 3.8) is 0 Å². The number of hydrogen-bond acceptors (Lipinski definition) is 7. The van der Waals surface area contributed by atoms with E-state index in [4.69, 9.17) is 17.0 Å². The van der Waals surface area contributed by atoms with Gasteiger partial charge in [-0.2, -0.15) is 0 Å². The van der Waals surface area contributed by atoms with E-state index in [9.17, 15) is 14.9 Å². The molecule has 154 valence electrons. The van der Waals surface area contributed by atoms with Crippen molar-refractivity contribution < 1.29 is 14.5 Å². The molecule has 1 amide bonds. The molecular formula is C19H15BrN4O4S2. The SMILES string of the molecule is COc1ccc(-c2csc(NC(=S)NC(=O)c3ccc([N+](=O)[O-])c(C)c3)n2)cc1Br. The average molecular weight is 507 g/mol. The number of aromatic nitrogens is 1. The number of thiazole rings is 1. The number of nitro groups is 1. The van der Waals surface area contributed by atoms with Gasteiger partial charge in [-0.15, -0.1) is 11.3 Å². The fourth-order valence-corrected chi connectivity index (χ4v) is 4.11. The van der Waals surface area contributed by atoms with Crippen molar-refractivity contribution in [2.24, 2.45) is 0 Å². The summed E-state index contributed by atoms with van der Waals surface area (Å²) in [7, 11) is 1.60. The summed E-state index contributed by atoms with van der Waals surface area (Å²) in [5.41, 5.74) is 2.24. The van der Waals surface area contributed by atoms with Gasteiger partial charge < -0.3 is 10.1 Å². The van der Waals surface area contributed by atoms with Crippen molar-refractivity contribution in [2.45, 2.75) is 6.92 Å². The summed E-state index contributed by atoms with van der Waals surface area (Å²) in [6.45, 7) is 1.57. The van der Waals surface area contributed by atoms with Gasteiger partial charge in [0.25, 0.3) is 11.6 Å². The number of amides is 1. The normalized spacial score (nSPS) is 10.4. The standard InChI is InChI=1S/C19H15BrN4O4S2/c1-10-7-12(3-5-15(10)24(26)27)17(25)22-18(29)23-19-21-14(9-30-19)11-4-6-16(28-2)13(20)8-11/h3-9H,1-2H3,(H2,21,22,23,25,29). The molecular weight excluding hydrogens is 492 g/mol. The molecule has 0 fully saturated rings. The van der Waals surface area contributed by atoms with Gasteiger partial charge in [0.15, 0.2) is 10.2 Å². The number of benzene rings is 2. The zero-order chi connectivity index (χ0) is 21.8. The zero-order valence-electron chi connectivity index (χ0n) is 15.8. The molecule has 2 aromatic carbocycles. The van der Waals surface area contributed by atoms with Gasteiger partial charge in [-0.25, -0.2) is 4.98 Å². The Morgan fingerprint density at radius 2 is 2.07 bits per heavy atom. The number of nitrogens with zero attached hydrogens (tertiary/aromatic N) is 2. The number of halogens is 1. The molecule has 2 N–H and O–H groups in total. The van der Waals surface area contributed by atoms with E-state index in [1.165, 1.54) is 29.5 Å². The third-order valence-corrected chi connectivity index (χ3v) is 5.64. The van der Waals surface area contributed by atoms with Gasteiger partial charge >= 0.3 is 0 Å². The number of thiocarbonyl (C=S) groups is 1. The van der Waals surface area contributed by atoms with Crippen LogP contribution in [0.1, 0.15) is 15.9 Å². The van der Waals surface area contributed by atoms with Gasteiger partial charge in [0.05, 0.1) is 22.2 Å². The first-order valence-electron chi connectivity index (χ1n) is 8.45. The lowest BCUT2D eigenvalue weighted by molar-refractivity contribution is -0.385. The number of hydrogen-bond donors (Lipinski definition) is 2. The molecule has 0 saturated carbocycles. The molecule has 1 aromatic heterocycles. The molecule has 0 saturated heterocycles. The van der Waals surface area contributed by atoms with Gasteiger partial charge in [0.2, 0.25) is 0 Å². The van der Waals surface area contributed by atoms with Crippen molar-refractivity contribution in [3.8, 4) is 17.0 Å². The molecule has 0 atom stereocenters. The van der Waals surface area contributed by atoms with Crippen molar-refractivity contribution >= 4 is 61.3 Å². The van der Waals surface area contributed by atoms with E-state index in [1.807, 2.05) is 23.6 Å². The number of methoxy groups -OCH3 is 1. The van der Waals surface area contributed by atoms with E-state index in [0.717, 1.165) is 21.5 Å². The molecule has 0 aliphatic rings. The Morgan fingerprint density at radius 1 is 1.30 bits per heavy atom. The number of nitro benzene ring substituents is 1. The second-order valence-corrected chi connectivity index (χ2v) is 8.17. The van der Waals surface area contributed by atoms with E-state index in [0.29, 0.717) is 10.7 Å². The Balaban J connectivity index is 1.65. The third-order valence-electron chi connectivity index (χ3n) is 4.05. The molecule has 0 aliphatic heterocycles. The van der Waals surface area contributed by atoms with Crippen LogP contribution < -0.4 is 15.4 Å². The summed E-state index contributed by atoms with van der Waals surface area (Å²) in [6, 6.07) is 9.74. The van der Waals surface area contributed by atoms with Gasteiger partial charge in [0.1, 0.15) is 5.75 Å². The van der Waals surface area contributed by atoms with Crippen LogP contribution in [0, 0.1) is 17.0 Å². The molecule has 0 aliphatic carbocycles. The second kappa shape index (κ2) is 9.28. The molecule has 3 rings (SSSR count). The van der Waals surface area contributed by atoms with Gasteiger partial charge in [-0.3, -0.25) is 20.2 Å². The zero-order valence-corrected chi connectivity index (χ0v) is 19.0. The third kappa shape index (κ3) is 4.99. The summed E-state index contributed by atoms with van der Waals surface area (Å²) in [6.07, 6.45) is 0. The van der Waals surface area contributed by atoms with Crippen LogP contribution in [0.25, 0.3) is 11.3 Å². The maximum absolute atomic E-state index is 12.4.